The molecule has 0 bridgehead atoms. The summed E-state index contributed by atoms with van der Waals surface area (Å²) in [6.45, 7) is 2.46. The fraction of sp³-hybridized carbons (Fsp3) is 0.167. The van der Waals surface area contributed by atoms with E-state index < -0.39 is 11.7 Å². The Morgan fingerprint density at radius 2 is 1.85 bits per heavy atom. The Morgan fingerprint density at radius 3 is 2.46 bits per heavy atom. The van der Waals surface area contributed by atoms with Crippen molar-refractivity contribution in [2.24, 2.45) is 0 Å². The van der Waals surface area contributed by atoms with Gasteiger partial charge >= 0.3 is 6.18 Å². The standard InChI is InChI=1S/C18H14ClF3N2OS/c1-2-25-13-6-3-11(4-7-13)16-10-24(17(26)23-16)12-5-8-15(19)14(9-12)18(20,21)22/h3-10H,2H2,1H3,(H,23,26). The summed E-state index contributed by atoms with van der Waals surface area (Å²) in [5.74, 6) is 0.738. The van der Waals surface area contributed by atoms with E-state index in [1.165, 1.54) is 16.7 Å². The number of nitrogens with zero attached hydrogens (tertiary/aromatic N) is 1. The monoisotopic (exact) mass is 398 g/mol. The lowest BCUT2D eigenvalue weighted by Crippen LogP contribution is -2.07. The second kappa shape index (κ2) is 7.17. The summed E-state index contributed by atoms with van der Waals surface area (Å²) in [5, 5.41) is -0.352. The van der Waals surface area contributed by atoms with Gasteiger partial charge in [-0.15, -0.1) is 0 Å². The number of benzene rings is 2. The molecular formula is C18H14ClF3N2OS. The Balaban J connectivity index is 2.00. The molecule has 0 spiro atoms. The molecule has 0 fully saturated rings. The van der Waals surface area contributed by atoms with Crippen molar-refractivity contribution in [2.45, 2.75) is 13.1 Å². The molecule has 0 saturated heterocycles. The summed E-state index contributed by atoms with van der Waals surface area (Å²) < 4.78 is 46.4. The SMILES string of the molecule is CCOc1ccc(-c2cn(-c3ccc(Cl)c(C(F)(F)F)c3)c(=S)[nH]2)cc1. The van der Waals surface area contributed by atoms with E-state index in [4.69, 9.17) is 28.6 Å². The zero-order valence-electron chi connectivity index (χ0n) is 13.6. The molecule has 0 radical (unpaired) electrons. The van der Waals surface area contributed by atoms with Crippen LogP contribution in [0, 0.1) is 4.77 Å². The third-order valence-electron chi connectivity index (χ3n) is 3.73. The number of aromatic nitrogens is 2. The fourth-order valence-electron chi connectivity index (χ4n) is 2.51. The predicted molar refractivity (Wildman–Crippen MR) is 97.6 cm³/mol. The van der Waals surface area contributed by atoms with Crippen molar-refractivity contribution in [1.29, 1.82) is 0 Å². The minimum atomic E-state index is -4.54. The smallest absolute Gasteiger partial charge is 0.417 e. The lowest BCUT2D eigenvalue weighted by molar-refractivity contribution is -0.137. The molecule has 136 valence electrons. The van der Waals surface area contributed by atoms with Crippen LogP contribution in [0.15, 0.2) is 48.7 Å². The van der Waals surface area contributed by atoms with Crippen molar-refractivity contribution in [1.82, 2.24) is 9.55 Å². The number of alkyl halides is 3. The number of imidazole rings is 1. The molecule has 0 amide bonds. The van der Waals surface area contributed by atoms with Crippen molar-refractivity contribution >= 4 is 23.8 Å². The van der Waals surface area contributed by atoms with Crippen LogP contribution in [0.25, 0.3) is 16.9 Å². The first-order valence-corrected chi connectivity index (χ1v) is 8.50. The van der Waals surface area contributed by atoms with Gasteiger partial charge in [-0.25, -0.2) is 0 Å². The first-order chi connectivity index (χ1) is 12.3. The highest BCUT2D eigenvalue weighted by Gasteiger charge is 2.33. The highest BCUT2D eigenvalue weighted by atomic mass is 35.5. The summed E-state index contributed by atoms with van der Waals surface area (Å²) in [5.41, 5.74) is 0.896. The van der Waals surface area contributed by atoms with Gasteiger partial charge in [-0.05, 0) is 67.2 Å². The second-order valence-corrected chi connectivity index (χ2v) is 6.26. The van der Waals surface area contributed by atoms with Crippen LogP contribution in [-0.4, -0.2) is 16.2 Å². The van der Waals surface area contributed by atoms with Crippen LogP contribution in [0.4, 0.5) is 13.2 Å². The summed E-state index contributed by atoms with van der Waals surface area (Å²) >= 11 is 10.9. The predicted octanol–water partition coefficient (Wildman–Crippen LogP) is 6.27. The lowest BCUT2D eigenvalue weighted by Gasteiger charge is -2.11. The number of aromatic amines is 1. The number of ether oxygens (including phenoxy) is 1. The first kappa shape index (κ1) is 18.5. The average molecular weight is 399 g/mol. The Hall–Kier alpha value is -2.25. The molecule has 0 atom stereocenters. The molecule has 3 rings (SSSR count). The van der Waals surface area contributed by atoms with Gasteiger partial charge in [0.1, 0.15) is 5.75 Å². The first-order valence-electron chi connectivity index (χ1n) is 7.71. The van der Waals surface area contributed by atoms with Gasteiger partial charge in [0.25, 0.3) is 0 Å². The number of hydrogen-bond donors (Lipinski definition) is 1. The molecule has 8 heteroatoms. The van der Waals surface area contributed by atoms with Crippen LogP contribution in [0.2, 0.25) is 5.02 Å². The lowest BCUT2D eigenvalue weighted by atomic mass is 10.1. The highest BCUT2D eigenvalue weighted by Crippen LogP contribution is 2.36. The maximum atomic E-state index is 13.1. The fourth-order valence-corrected chi connectivity index (χ4v) is 3.00. The maximum absolute atomic E-state index is 13.1. The number of halogens is 4. The Morgan fingerprint density at radius 1 is 1.15 bits per heavy atom. The maximum Gasteiger partial charge on any atom is 0.417 e. The largest absolute Gasteiger partial charge is 0.494 e. The van der Waals surface area contributed by atoms with Crippen LogP contribution in [0.1, 0.15) is 12.5 Å². The van der Waals surface area contributed by atoms with E-state index in [1.54, 1.807) is 6.20 Å². The van der Waals surface area contributed by atoms with Crippen LogP contribution >= 0.6 is 23.8 Å². The van der Waals surface area contributed by atoms with Crippen molar-refractivity contribution in [2.75, 3.05) is 6.61 Å². The van der Waals surface area contributed by atoms with Crippen LogP contribution < -0.4 is 4.74 Å². The summed E-state index contributed by atoms with van der Waals surface area (Å²) in [4.78, 5) is 3.01. The zero-order chi connectivity index (χ0) is 18.9. The third-order valence-corrected chi connectivity index (χ3v) is 4.36. The third kappa shape index (κ3) is 3.78. The minimum Gasteiger partial charge on any atom is -0.494 e. The van der Waals surface area contributed by atoms with Gasteiger partial charge in [0.15, 0.2) is 4.77 Å². The van der Waals surface area contributed by atoms with Gasteiger partial charge in [-0.3, -0.25) is 4.57 Å². The Labute approximate surface area is 158 Å². The number of H-pyrrole nitrogens is 1. The molecule has 3 nitrogen and oxygen atoms in total. The van der Waals surface area contributed by atoms with Gasteiger partial charge in [-0.2, -0.15) is 13.2 Å². The minimum absolute atomic E-state index is 0.278. The molecule has 0 unspecified atom stereocenters. The molecule has 1 aromatic heterocycles. The summed E-state index contributed by atoms with van der Waals surface area (Å²) in [7, 11) is 0. The molecule has 0 aliphatic carbocycles. The Kier molecular flexibility index (Phi) is 5.11. The number of rotatable bonds is 4. The normalized spacial score (nSPS) is 11.6. The van der Waals surface area contributed by atoms with Crippen LogP contribution in [-0.2, 0) is 6.18 Å². The zero-order valence-corrected chi connectivity index (χ0v) is 15.2. The number of hydrogen-bond acceptors (Lipinski definition) is 2. The molecule has 1 N–H and O–H groups in total. The molecular weight excluding hydrogens is 385 g/mol. The van der Waals surface area contributed by atoms with E-state index >= 15 is 0 Å². The molecule has 0 saturated carbocycles. The van der Waals surface area contributed by atoms with E-state index in [1.807, 2.05) is 31.2 Å². The van der Waals surface area contributed by atoms with Gasteiger partial charge in [0.2, 0.25) is 0 Å². The summed E-state index contributed by atoms with van der Waals surface area (Å²) in [6.07, 6.45) is -2.88. The molecule has 0 aliphatic heterocycles. The van der Waals surface area contributed by atoms with E-state index in [9.17, 15) is 13.2 Å². The van der Waals surface area contributed by atoms with E-state index in [2.05, 4.69) is 4.98 Å². The van der Waals surface area contributed by atoms with Crippen molar-refractivity contribution in [3.05, 3.63) is 64.0 Å². The highest BCUT2D eigenvalue weighted by molar-refractivity contribution is 7.71. The average Bonchev–Trinajstić information content (AvgIpc) is 2.97. The van der Waals surface area contributed by atoms with Gasteiger partial charge < -0.3 is 9.72 Å². The molecule has 2 aromatic carbocycles. The molecule has 1 heterocycles. The molecule has 26 heavy (non-hydrogen) atoms. The molecule has 3 aromatic rings. The van der Waals surface area contributed by atoms with Gasteiger partial charge in [0.05, 0.1) is 22.9 Å². The van der Waals surface area contributed by atoms with Gasteiger partial charge in [-0.1, -0.05) is 11.6 Å². The van der Waals surface area contributed by atoms with E-state index in [0.29, 0.717) is 12.3 Å². The topological polar surface area (TPSA) is 29.9 Å². The Bertz CT molecular complexity index is 977. The van der Waals surface area contributed by atoms with Gasteiger partial charge in [0, 0.05) is 11.9 Å². The van der Waals surface area contributed by atoms with E-state index in [0.717, 1.165) is 17.4 Å². The van der Waals surface area contributed by atoms with Crippen molar-refractivity contribution < 1.29 is 17.9 Å². The van der Waals surface area contributed by atoms with E-state index in [-0.39, 0.29) is 15.5 Å². The summed E-state index contributed by atoms with van der Waals surface area (Å²) in [6, 6.07) is 11.0. The van der Waals surface area contributed by atoms with Crippen molar-refractivity contribution in [3.8, 4) is 22.7 Å². The van der Waals surface area contributed by atoms with Crippen LogP contribution in [0.5, 0.6) is 5.75 Å². The quantitative estimate of drug-likeness (QED) is 0.525. The second-order valence-electron chi connectivity index (χ2n) is 5.46. The van der Waals surface area contributed by atoms with Crippen molar-refractivity contribution in [3.63, 3.8) is 0 Å². The molecule has 0 aliphatic rings. The van der Waals surface area contributed by atoms with Crippen LogP contribution in [0.3, 0.4) is 0 Å². The number of nitrogens with one attached hydrogen (secondary N) is 1.